The van der Waals surface area contributed by atoms with Crippen LogP contribution in [-0.2, 0) is 17.0 Å². The van der Waals surface area contributed by atoms with Crippen LogP contribution in [0.15, 0.2) is 182 Å². The van der Waals surface area contributed by atoms with E-state index in [1.807, 2.05) is 0 Å². The zero-order valence-corrected chi connectivity index (χ0v) is 27.8. The fourth-order valence-corrected chi connectivity index (χ4v) is 8.12. The number of para-hydroxylation sites is 6. The summed E-state index contributed by atoms with van der Waals surface area (Å²) in [6.07, 6.45) is 0. The van der Waals surface area contributed by atoms with Gasteiger partial charge in [-0.05, 0) is 54.6 Å². The van der Waals surface area contributed by atoms with Crippen LogP contribution in [0.2, 0.25) is 0 Å². The fraction of sp³-hybridized carbons (Fsp3) is 0.0667. The van der Waals surface area contributed by atoms with Crippen LogP contribution in [0.1, 0.15) is 33.4 Å². The molecule has 0 bridgehead atoms. The van der Waals surface area contributed by atoms with Crippen molar-refractivity contribution in [1.29, 1.82) is 0 Å². The number of fused-ring (bicyclic) bond motifs is 3. The van der Waals surface area contributed by atoms with Crippen LogP contribution in [-0.4, -0.2) is 0 Å². The molecule has 7 aromatic rings. The number of anilines is 6. The van der Waals surface area contributed by atoms with E-state index in [9.17, 15) is 0 Å². The molecule has 246 valence electrons. The molecule has 10 rings (SSSR count). The molecule has 0 atom stereocenters. The maximum atomic E-state index is 3.96. The Morgan fingerprint density at radius 3 is 0.627 bits per heavy atom. The van der Waals surface area contributed by atoms with E-state index in [1.54, 1.807) is 0 Å². The van der Waals surface area contributed by atoms with Gasteiger partial charge >= 0.3 is 0 Å². The SMILES string of the molecule is c1ccc(C2(c3cc(C4(c5ccccc5)Nc5ccccc5N4)cc(C4(c5ccccc5)Nc5ccccc5N4)c3)Nc3ccccc3N2)cc1. The lowest BCUT2D eigenvalue weighted by Crippen LogP contribution is -2.45. The van der Waals surface area contributed by atoms with E-state index >= 15 is 0 Å². The van der Waals surface area contributed by atoms with E-state index in [1.165, 1.54) is 0 Å². The minimum Gasteiger partial charge on any atom is -0.354 e. The second-order valence-corrected chi connectivity index (χ2v) is 13.5. The Hall–Kier alpha value is -6.66. The van der Waals surface area contributed by atoms with Crippen molar-refractivity contribution in [2.24, 2.45) is 0 Å². The second kappa shape index (κ2) is 11.2. The Labute approximate surface area is 297 Å². The van der Waals surface area contributed by atoms with E-state index in [4.69, 9.17) is 0 Å². The van der Waals surface area contributed by atoms with Crippen LogP contribution in [0.3, 0.4) is 0 Å². The third-order valence-electron chi connectivity index (χ3n) is 10.6. The van der Waals surface area contributed by atoms with Crippen LogP contribution < -0.4 is 31.9 Å². The number of hydrogen-bond donors (Lipinski definition) is 6. The first kappa shape index (κ1) is 29.3. The van der Waals surface area contributed by atoms with Crippen LogP contribution in [0.5, 0.6) is 0 Å². The normalized spacial score (nSPS) is 16.5. The summed E-state index contributed by atoms with van der Waals surface area (Å²) in [4.78, 5) is 0. The molecule has 0 spiro atoms. The molecule has 0 unspecified atom stereocenters. The van der Waals surface area contributed by atoms with Gasteiger partial charge in [0.25, 0.3) is 0 Å². The zero-order chi connectivity index (χ0) is 33.9. The summed E-state index contributed by atoms with van der Waals surface area (Å²) in [7, 11) is 0. The van der Waals surface area contributed by atoms with E-state index in [2.05, 4.69) is 214 Å². The lowest BCUT2D eigenvalue weighted by molar-refractivity contribution is 0.653. The standard InChI is InChI=1S/C45H36N6/c1-4-16-31(17-5-1)43(46-37-22-10-11-23-38(37)47-43)34-28-35(44(32-18-6-2-7-19-32)48-39-24-12-13-25-40(39)49-44)30-36(29-34)45(33-20-8-3-9-21-33)50-41-26-14-15-27-42(41)51-45/h1-30,46-51H. The molecular formula is C45H36N6. The quantitative estimate of drug-likeness (QED) is 0.107. The van der Waals surface area contributed by atoms with Crippen molar-refractivity contribution in [2.75, 3.05) is 31.9 Å². The van der Waals surface area contributed by atoms with Gasteiger partial charge in [0, 0.05) is 33.4 Å². The van der Waals surface area contributed by atoms with Gasteiger partial charge in [-0.1, -0.05) is 127 Å². The molecule has 3 aliphatic rings. The Balaban J connectivity index is 1.28. The van der Waals surface area contributed by atoms with Crippen molar-refractivity contribution in [3.63, 3.8) is 0 Å². The maximum absolute atomic E-state index is 3.96. The van der Waals surface area contributed by atoms with Gasteiger partial charge in [-0.3, -0.25) is 0 Å². The first-order valence-electron chi connectivity index (χ1n) is 17.4. The molecule has 7 aromatic carbocycles. The Morgan fingerprint density at radius 2 is 0.412 bits per heavy atom. The highest BCUT2D eigenvalue weighted by molar-refractivity contribution is 5.83. The maximum Gasteiger partial charge on any atom is 0.161 e. The third kappa shape index (κ3) is 4.50. The number of rotatable bonds is 6. The molecule has 0 radical (unpaired) electrons. The van der Waals surface area contributed by atoms with Gasteiger partial charge in [-0.25, -0.2) is 0 Å². The molecule has 6 N–H and O–H groups in total. The molecule has 0 fully saturated rings. The highest BCUT2D eigenvalue weighted by Crippen LogP contribution is 2.50. The van der Waals surface area contributed by atoms with Crippen molar-refractivity contribution in [2.45, 2.75) is 17.0 Å². The lowest BCUT2D eigenvalue weighted by atomic mass is 9.81. The Morgan fingerprint density at radius 1 is 0.216 bits per heavy atom. The summed E-state index contributed by atoms with van der Waals surface area (Å²) in [5.74, 6) is 0. The summed E-state index contributed by atoms with van der Waals surface area (Å²) in [6, 6.07) is 64.4. The molecule has 0 amide bonds. The van der Waals surface area contributed by atoms with Gasteiger partial charge in [0.1, 0.15) is 0 Å². The topological polar surface area (TPSA) is 72.2 Å². The van der Waals surface area contributed by atoms with Gasteiger partial charge in [-0.2, -0.15) is 0 Å². The fourth-order valence-electron chi connectivity index (χ4n) is 8.12. The van der Waals surface area contributed by atoms with Gasteiger partial charge in [0.05, 0.1) is 34.1 Å². The molecule has 3 aliphatic heterocycles. The Kier molecular flexibility index (Phi) is 6.42. The molecule has 0 saturated carbocycles. The van der Waals surface area contributed by atoms with E-state index < -0.39 is 17.0 Å². The summed E-state index contributed by atoms with van der Waals surface area (Å²) in [6.45, 7) is 0. The van der Waals surface area contributed by atoms with Gasteiger partial charge in [0.15, 0.2) is 17.0 Å². The van der Waals surface area contributed by atoms with Crippen LogP contribution >= 0.6 is 0 Å². The second-order valence-electron chi connectivity index (χ2n) is 13.5. The highest BCUT2D eigenvalue weighted by Gasteiger charge is 2.47. The summed E-state index contributed by atoms with van der Waals surface area (Å²) < 4.78 is 0. The van der Waals surface area contributed by atoms with Crippen molar-refractivity contribution in [3.8, 4) is 0 Å². The van der Waals surface area contributed by atoms with Crippen molar-refractivity contribution >= 4 is 34.1 Å². The minimum atomic E-state index is -0.775. The van der Waals surface area contributed by atoms with Crippen molar-refractivity contribution < 1.29 is 0 Å². The number of nitrogens with one attached hydrogen (secondary N) is 6. The molecule has 51 heavy (non-hydrogen) atoms. The van der Waals surface area contributed by atoms with Crippen LogP contribution in [0.25, 0.3) is 0 Å². The molecule has 0 saturated heterocycles. The number of benzene rings is 7. The molecule has 0 aliphatic carbocycles. The van der Waals surface area contributed by atoms with Gasteiger partial charge < -0.3 is 31.9 Å². The van der Waals surface area contributed by atoms with Gasteiger partial charge in [0.2, 0.25) is 0 Å². The summed E-state index contributed by atoms with van der Waals surface area (Å²) >= 11 is 0. The average Bonchev–Trinajstić information content (AvgIpc) is 3.92. The van der Waals surface area contributed by atoms with Crippen LogP contribution in [0.4, 0.5) is 34.1 Å². The average molecular weight is 661 g/mol. The first-order chi connectivity index (χ1) is 25.2. The van der Waals surface area contributed by atoms with E-state index in [0.29, 0.717) is 0 Å². The summed E-state index contributed by atoms with van der Waals surface area (Å²) in [5.41, 5.74) is 10.5. The monoisotopic (exact) mass is 660 g/mol. The van der Waals surface area contributed by atoms with E-state index in [-0.39, 0.29) is 0 Å². The smallest absolute Gasteiger partial charge is 0.161 e. The van der Waals surface area contributed by atoms with Crippen LogP contribution in [0, 0.1) is 0 Å². The molecular weight excluding hydrogens is 625 g/mol. The molecule has 0 aromatic heterocycles. The summed E-state index contributed by atoms with van der Waals surface area (Å²) in [5, 5.41) is 23.8. The highest BCUT2D eigenvalue weighted by atomic mass is 15.3. The van der Waals surface area contributed by atoms with Crippen molar-refractivity contribution in [1.82, 2.24) is 0 Å². The Bertz CT molecular complexity index is 2040. The van der Waals surface area contributed by atoms with Crippen molar-refractivity contribution in [3.05, 3.63) is 215 Å². The molecule has 6 heteroatoms. The minimum absolute atomic E-state index is 0.775. The largest absolute Gasteiger partial charge is 0.354 e. The predicted octanol–water partition coefficient (Wildman–Crippen LogP) is 9.90. The lowest BCUT2D eigenvalue weighted by Gasteiger charge is -2.39. The molecule has 3 heterocycles. The molecule has 6 nitrogen and oxygen atoms in total. The van der Waals surface area contributed by atoms with Gasteiger partial charge in [-0.15, -0.1) is 0 Å². The predicted molar refractivity (Wildman–Crippen MR) is 209 cm³/mol. The number of hydrogen-bond acceptors (Lipinski definition) is 6. The zero-order valence-electron chi connectivity index (χ0n) is 27.8. The van der Waals surface area contributed by atoms with E-state index in [0.717, 1.165) is 67.5 Å². The first-order valence-corrected chi connectivity index (χ1v) is 17.4. The third-order valence-corrected chi connectivity index (χ3v) is 10.6.